The van der Waals surface area contributed by atoms with Crippen molar-refractivity contribution < 1.29 is 8.42 Å². The Hall–Kier alpha value is -1.59. The van der Waals surface area contributed by atoms with E-state index in [4.69, 9.17) is 0 Å². The zero-order valence-corrected chi connectivity index (χ0v) is 15.5. The third-order valence-electron chi connectivity index (χ3n) is 3.43. The van der Waals surface area contributed by atoms with Crippen molar-refractivity contribution in [3.63, 3.8) is 0 Å². The van der Waals surface area contributed by atoms with Crippen molar-refractivity contribution in [3.8, 4) is 0 Å². The number of imidazole rings is 1. The maximum atomic E-state index is 12.1. The number of fused-ring (bicyclic) bond motifs is 1. The molecule has 2 aromatic rings. The maximum Gasteiger partial charge on any atom is 0.332 e. The van der Waals surface area contributed by atoms with Crippen molar-refractivity contribution in [3.05, 3.63) is 20.8 Å². The van der Waals surface area contributed by atoms with Gasteiger partial charge in [-0.05, 0) is 12.8 Å². The molecule has 0 saturated heterocycles. The van der Waals surface area contributed by atoms with Crippen LogP contribution in [0.2, 0.25) is 0 Å². The smallest absolute Gasteiger partial charge is 0.327 e. The number of H-pyrrole nitrogens is 1. The molecule has 0 spiro atoms. The lowest BCUT2D eigenvalue weighted by atomic mass is 10.5. The van der Waals surface area contributed by atoms with Gasteiger partial charge in [0.1, 0.15) is 0 Å². The van der Waals surface area contributed by atoms with Gasteiger partial charge in [0.15, 0.2) is 16.3 Å². The van der Waals surface area contributed by atoms with Crippen molar-refractivity contribution in [2.45, 2.75) is 24.9 Å². The SMILES string of the molecule is CCCS(=O)(=O)NCCCSc1nc2c([nH]1)c(=O)n(C)c(=O)n2C. The summed E-state index contributed by atoms with van der Waals surface area (Å²) in [7, 11) is -0.209. The number of nitrogens with zero attached hydrogens (tertiary/aromatic N) is 3. The second-order valence-electron chi connectivity index (χ2n) is 5.36. The van der Waals surface area contributed by atoms with Gasteiger partial charge >= 0.3 is 5.69 Å². The van der Waals surface area contributed by atoms with Crippen LogP contribution in [-0.2, 0) is 24.1 Å². The minimum atomic E-state index is -3.18. The molecular weight excluding hydrogens is 354 g/mol. The molecule has 0 fully saturated rings. The second kappa shape index (κ2) is 7.53. The molecule has 0 aromatic carbocycles. The fourth-order valence-corrected chi connectivity index (χ4v) is 4.13. The predicted octanol–water partition coefficient (Wildman–Crippen LogP) is -0.228. The van der Waals surface area contributed by atoms with Crippen LogP contribution in [0.1, 0.15) is 19.8 Å². The monoisotopic (exact) mass is 375 g/mol. The number of rotatable bonds is 8. The topological polar surface area (TPSA) is 119 Å². The zero-order valence-electron chi connectivity index (χ0n) is 13.8. The molecule has 9 nitrogen and oxygen atoms in total. The van der Waals surface area contributed by atoms with Gasteiger partial charge in [-0.1, -0.05) is 18.7 Å². The lowest BCUT2D eigenvalue weighted by molar-refractivity contribution is 0.579. The Morgan fingerprint density at radius 3 is 2.62 bits per heavy atom. The van der Waals surface area contributed by atoms with Crippen molar-refractivity contribution in [2.24, 2.45) is 14.1 Å². The number of hydrogen-bond donors (Lipinski definition) is 2. The van der Waals surface area contributed by atoms with Crippen molar-refractivity contribution in [2.75, 3.05) is 18.1 Å². The van der Waals surface area contributed by atoms with E-state index in [1.807, 2.05) is 6.92 Å². The van der Waals surface area contributed by atoms with Crippen LogP contribution in [0.4, 0.5) is 0 Å². The number of thioether (sulfide) groups is 1. The van der Waals surface area contributed by atoms with Gasteiger partial charge in [0.05, 0.1) is 5.75 Å². The Morgan fingerprint density at radius 2 is 1.96 bits per heavy atom. The lowest BCUT2D eigenvalue weighted by Gasteiger charge is -2.04. The fraction of sp³-hybridized carbons (Fsp3) is 0.615. The first-order valence-electron chi connectivity index (χ1n) is 7.52. The molecule has 0 aliphatic heterocycles. The first kappa shape index (κ1) is 18.7. The van der Waals surface area contributed by atoms with Gasteiger partial charge in [0.2, 0.25) is 10.0 Å². The summed E-state index contributed by atoms with van der Waals surface area (Å²) in [6, 6.07) is 0. The largest absolute Gasteiger partial charge is 0.332 e. The minimum absolute atomic E-state index is 0.126. The van der Waals surface area contributed by atoms with Gasteiger partial charge < -0.3 is 4.98 Å². The molecule has 2 heterocycles. The van der Waals surface area contributed by atoms with E-state index in [2.05, 4.69) is 14.7 Å². The number of aromatic amines is 1. The van der Waals surface area contributed by atoms with Crippen LogP contribution >= 0.6 is 11.8 Å². The van der Waals surface area contributed by atoms with Gasteiger partial charge in [-0.25, -0.2) is 22.9 Å². The van der Waals surface area contributed by atoms with Crippen LogP contribution in [0.25, 0.3) is 11.2 Å². The summed E-state index contributed by atoms with van der Waals surface area (Å²) in [5, 5.41) is 0.528. The van der Waals surface area contributed by atoms with E-state index >= 15 is 0 Å². The van der Waals surface area contributed by atoms with E-state index < -0.39 is 21.3 Å². The van der Waals surface area contributed by atoms with Gasteiger partial charge in [0, 0.05) is 26.4 Å². The second-order valence-corrected chi connectivity index (χ2v) is 8.37. The van der Waals surface area contributed by atoms with Crippen molar-refractivity contribution >= 4 is 32.9 Å². The van der Waals surface area contributed by atoms with E-state index in [0.717, 1.165) is 4.57 Å². The third kappa shape index (κ3) is 4.08. The molecule has 0 bridgehead atoms. The number of aryl methyl sites for hydroxylation is 1. The highest BCUT2D eigenvalue weighted by Gasteiger charge is 2.13. The summed E-state index contributed by atoms with van der Waals surface area (Å²) < 4.78 is 27.9. The first-order chi connectivity index (χ1) is 11.3. The number of aromatic nitrogens is 4. The molecule has 0 radical (unpaired) electrons. The molecule has 0 aliphatic carbocycles. The van der Waals surface area contributed by atoms with Crippen LogP contribution < -0.4 is 16.0 Å². The van der Waals surface area contributed by atoms with E-state index in [0.29, 0.717) is 35.9 Å². The Labute approximate surface area is 143 Å². The first-order valence-corrected chi connectivity index (χ1v) is 10.2. The molecule has 0 unspecified atom stereocenters. The summed E-state index contributed by atoms with van der Waals surface area (Å²) in [6.07, 6.45) is 1.21. The fourth-order valence-electron chi connectivity index (χ4n) is 2.18. The summed E-state index contributed by atoms with van der Waals surface area (Å²) in [6.45, 7) is 2.17. The Kier molecular flexibility index (Phi) is 5.88. The quantitative estimate of drug-likeness (QED) is 0.486. The van der Waals surface area contributed by atoms with E-state index in [9.17, 15) is 18.0 Å². The van der Waals surface area contributed by atoms with Crippen molar-refractivity contribution in [1.29, 1.82) is 0 Å². The van der Waals surface area contributed by atoms with E-state index in [-0.39, 0.29) is 11.3 Å². The molecule has 24 heavy (non-hydrogen) atoms. The molecule has 0 atom stereocenters. The summed E-state index contributed by atoms with van der Waals surface area (Å²) in [5.41, 5.74) is -0.249. The van der Waals surface area contributed by atoms with Gasteiger partial charge in [0.25, 0.3) is 5.56 Å². The number of sulfonamides is 1. The molecule has 2 rings (SSSR count). The molecule has 0 amide bonds. The van der Waals surface area contributed by atoms with Gasteiger partial charge in [-0.3, -0.25) is 13.9 Å². The van der Waals surface area contributed by atoms with Gasteiger partial charge in [-0.2, -0.15) is 0 Å². The predicted molar refractivity (Wildman–Crippen MR) is 94.0 cm³/mol. The number of nitrogens with one attached hydrogen (secondary N) is 2. The summed E-state index contributed by atoms with van der Waals surface area (Å²) in [5.74, 6) is 0.754. The van der Waals surface area contributed by atoms with E-state index in [1.165, 1.54) is 23.4 Å². The van der Waals surface area contributed by atoms with Crippen molar-refractivity contribution in [1.82, 2.24) is 23.8 Å². The standard InChI is InChI=1S/C13H21N5O4S2/c1-4-8-24(21,22)14-6-5-7-23-12-15-9-10(16-12)17(2)13(20)18(3)11(9)19/h14H,4-8H2,1-3H3,(H,15,16). The number of hydrogen-bond acceptors (Lipinski definition) is 6. The average Bonchev–Trinajstić information content (AvgIpc) is 2.95. The Morgan fingerprint density at radius 1 is 1.25 bits per heavy atom. The Bertz CT molecular complexity index is 942. The average molecular weight is 375 g/mol. The zero-order chi connectivity index (χ0) is 17.9. The van der Waals surface area contributed by atoms with Crippen LogP contribution in [0.5, 0.6) is 0 Å². The molecule has 11 heteroatoms. The van der Waals surface area contributed by atoms with E-state index in [1.54, 1.807) is 7.05 Å². The summed E-state index contributed by atoms with van der Waals surface area (Å²) >= 11 is 1.37. The van der Waals surface area contributed by atoms with Crippen LogP contribution in [-0.4, -0.2) is 45.6 Å². The third-order valence-corrected chi connectivity index (χ3v) is 5.98. The Balaban J connectivity index is 2.00. The highest BCUT2D eigenvalue weighted by molar-refractivity contribution is 7.99. The van der Waals surface area contributed by atoms with Crippen LogP contribution in [0.15, 0.2) is 14.7 Å². The van der Waals surface area contributed by atoms with Crippen LogP contribution in [0.3, 0.4) is 0 Å². The molecular formula is C13H21N5O4S2. The molecule has 0 saturated carbocycles. The molecule has 2 N–H and O–H groups in total. The molecule has 0 aliphatic rings. The highest BCUT2D eigenvalue weighted by atomic mass is 32.2. The highest BCUT2D eigenvalue weighted by Crippen LogP contribution is 2.17. The van der Waals surface area contributed by atoms with Crippen LogP contribution in [0, 0.1) is 0 Å². The maximum absolute atomic E-state index is 12.1. The van der Waals surface area contributed by atoms with Gasteiger partial charge in [-0.15, -0.1) is 0 Å². The minimum Gasteiger partial charge on any atom is -0.327 e. The normalized spacial score (nSPS) is 12.1. The molecule has 134 valence electrons. The summed E-state index contributed by atoms with van der Waals surface area (Å²) in [4.78, 5) is 31.1. The molecule has 2 aromatic heterocycles. The lowest BCUT2D eigenvalue weighted by Crippen LogP contribution is -2.36.